The van der Waals surface area contributed by atoms with Crippen molar-refractivity contribution in [2.45, 2.75) is 44.9 Å². The Morgan fingerprint density at radius 1 is 1.35 bits per heavy atom. The average Bonchev–Trinajstić information content (AvgIpc) is 2.40. The Balaban J connectivity index is 1.89. The molecule has 110 valence electrons. The predicted molar refractivity (Wildman–Crippen MR) is 74.0 cm³/mol. The first-order chi connectivity index (χ1) is 9.60. The van der Waals surface area contributed by atoms with E-state index in [1.807, 2.05) is 6.92 Å². The van der Waals surface area contributed by atoms with Gasteiger partial charge in [-0.25, -0.2) is 4.39 Å². The van der Waals surface area contributed by atoms with Crippen molar-refractivity contribution in [1.29, 1.82) is 0 Å². The number of carbonyl (C=O) groups excluding carboxylic acids is 1. The van der Waals surface area contributed by atoms with Crippen LogP contribution in [0.4, 0.5) is 4.39 Å². The van der Waals surface area contributed by atoms with Crippen molar-refractivity contribution in [3.63, 3.8) is 0 Å². The van der Waals surface area contributed by atoms with Crippen LogP contribution < -0.4 is 0 Å². The largest absolute Gasteiger partial charge is 0.508 e. The summed E-state index contributed by atoms with van der Waals surface area (Å²) >= 11 is 0. The highest BCUT2D eigenvalue weighted by Crippen LogP contribution is 2.38. The molecule has 20 heavy (non-hydrogen) atoms. The summed E-state index contributed by atoms with van der Waals surface area (Å²) < 4.78 is 18.8. The fraction of sp³-hybridized carbons (Fsp3) is 0.562. The van der Waals surface area contributed by atoms with Crippen molar-refractivity contribution < 1.29 is 19.0 Å². The number of ether oxygens (including phenoxy) is 1. The highest BCUT2D eigenvalue weighted by molar-refractivity contribution is 5.69. The van der Waals surface area contributed by atoms with Gasteiger partial charge in [0.1, 0.15) is 11.6 Å². The molecule has 0 aromatic heterocycles. The number of benzene rings is 1. The Morgan fingerprint density at radius 3 is 2.65 bits per heavy atom. The lowest BCUT2D eigenvalue weighted by atomic mass is 9.77. The zero-order chi connectivity index (χ0) is 14.5. The van der Waals surface area contributed by atoms with E-state index in [1.54, 1.807) is 6.07 Å². The molecule has 1 aliphatic rings. The van der Waals surface area contributed by atoms with E-state index in [0.29, 0.717) is 24.5 Å². The van der Waals surface area contributed by atoms with Crippen LogP contribution in [-0.2, 0) is 9.53 Å². The third-order valence-electron chi connectivity index (χ3n) is 4.03. The van der Waals surface area contributed by atoms with E-state index in [2.05, 4.69) is 0 Å². The topological polar surface area (TPSA) is 46.5 Å². The zero-order valence-corrected chi connectivity index (χ0v) is 11.8. The number of rotatable bonds is 4. The molecule has 0 unspecified atom stereocenters. The molecule has 2 rings (SSSR count). The van der Waals surface area contributed by atoms with Gasteiger partial charge in [0.15, 0.2) is 0 Å². The minimum absolute atomic E-state index is 0.0396. The van der Waals surface area contributed by atoms with Crippen LogP contribution >= 0.6 is 0 Å². The second-order valence-corrected chi connectivity index (χ2v) is 5.43. The highest BCUT2D eigenvalue weighted by Gasteiger charge is 2.26. The van der Waals surface area contributed by atoms with Gasteiger partial charge < -0.3 is 9.84 Å². The third-order valence-corrected chi connectivity index (χ3v) is 4.03. The van der Waals surface area contributed by atoms with Crippen LogP contribution in [0.3, 0.4) is 0 Å². The molecule has 0 saturated heterocycles. The molecular weight excluding hydrogens is 259 g/mol. The molecule has 0 bridgehead atoms. The van der Waals surface area contributed by atoms with Crippen LogP contribution in [0.5, 0.6) is 5.75 Å². The van der Waals surface area contributed by atoms with Gasteiger partial charge >= 0.3 is 5.97 Å². The second kappa shape index (κ2) is 6.73. The standard InChI is InChI=1S/C16H21FO3/c1-2-20-16(19)9-11-3-5-12(6-4-11)14-8-7-13(18)10-15(14)17/h7-8,10-12,18H,2-6,9H2,1H3. The molecule has 1 aromatic carbocycles. The lowest BCUT2D eigenvalue weighted by molar-refractivity contribution is -0.144. The van der Waals surface area contributed by atoms with Crippen LogP contribution in [0.25, 0.3) is 0 Å². The maximum absolute atomic E-state index is 13.8. The number of phenolic OH excluding ortho intramolecular Hbond substituents is 1. The molecule has 1 N–H and O–H groups in total. The highest BCUT2D eigenvalue weighted by atomic mass is 19.1. The lowest BCUT2D eigenvalue weighted by Crippen LogP contribution is -2.18. The molecule has 1 saturated carbocycles. The summed E-state index contributed by atoms with van der Waals surface area (Å²) in [5.74, 6) is 0.0346. The van der Waals surface area contributed by atoms with Crippen LogP contribution in [0.15, 0.2) is 18.2 Å². The smallest absolute Gasteiger partial charge is 0.306 e. The van der Waals surface area contributed by atoms with E-state index in [-0.39, 0.29) is 23.5 Å². The minimum atomic E-state index is -0.334. The summed E-state index contributed by atoms with van der Waals surface area (Å²) in [7, 11) is 0. The van der Waals surface area contributed by atoms with E-state index in [1.165, 1.54) is 12.1 Å². The molecule has 0 spiro atoms. The fourth-order valence-corrected chi connectivity index (χ4v) is 2.98. The first kappa shape index (κ1) is 14.8. The molecule has 4 heteroatoms. The Labute approximate surface area is 118 Å². The van der Waals surface area contributed by atoms with Crippen molar-refractivity contribution in [2.75, 3.05) is 6.61 Å². The van der Waals surface area contributed by atoms with Gasteiger partial charge in [0.25, 0.3) is 0 Å². The Morgan fingerprint density at radius 2 is 2.05 bits per heavy atom. The number of hydrogen-bond acceptors (Lipinski definition) is 3. The zero-order valence-electron chi connectivity index (χ0n) is 11.8. The summed E-state index contributed by atoms with van der Waals surface area (Å²) in [6, 6.07) is 4.37. The SMILES string of the molecule is CCOC(=O)CC1CCC(c2ccc(O)cc2F)CC1. The normalized spacial score (nSPS) is 22.5. The minimum Gasteiger partial charge on any atom is -0.508 e. The number of phenols is 1. The molecule has 0 amide bonds. The number of halogens is 1. The molecular formula is C16H21FO3. The van der Waals surface area contributed by atoms with Crippen molar-refractivity contribution >= 4 is 5.97 Å². The van der Waals surface area contributed by atoms with Crippen LogP contribution in [0.2, 0.25) is 0 Å². The lowest BCUT2D eigenvalue weighted by Gasteiger charge is -2.28. The van der Waals surface area contributed by atoms with Gasteiger partial charge in [-0.1, -0.05) is 6.07 Å². The number of esters is 1. The summed E-state index contributed by atoms with van der Waals surface area (Å²) in [5.41, 5.74) is 0.678. The number of hydrogen-bond donors (Lipinski definition) is 1. The summed E-state index contributed by atoms with van der Waals surface area (Å²) in [6.07, 6.45) is 4.07. The molecule has 3 nitrogen and oxygen atoms in total. The predicted octanol–water partition coefficient (Wildman–Crippen LogP) is 3.76. The summed E-state index contributed by atoms with van der Waals surface area (Å²) in [6.45, 7) is 2.23. The van der Waals surface area contributed by atoms with Gasteiger partial charge in [-0.05, 0) is 56.1 Å². The third kappa shape index (κ3) is 3.71. The van der Waals surface area contributed by atoms with E-state index < -0.39 is 0 Å². The maximum atomic E-state index is 13.8. The van der Waals surface area contributed by atoms with Gasteiger partial charge in [-0.3, -0.25) is 4.79 Å². The molecule has 1 aliphatic carbocycles. The van der Waals surface area contributed by atoms with Crippen molar-refractivity contribution in [1.82, 2.24) is 0 Å². The van der Waals surface area contributed by atoms with Crippen molar-refractivity contribution in [2.24, 2.45) is 5.92 Å². The summed E-state index contributed by atoms with van der Waals surface area (Å²) in [5, 5.41) is 9.24. The Kier molecular flexibility index (Phi) is 4.99. The van der Waals surface area contributed by atoms with E-state index >= 15 is 0 Å². The van der Waals surface area contributed by atoms with E-state index in [0.717, 1.165) is 25.7 Å². The number of aromatic hydroxyl groups is 1. The van der Waals surface area contributed by atoms with Gasteiger partial charge in [-0.2, -0.15) is 0 Å². The number of carbonyl (C=O) groups is 1. The first-order valence-corrected chi connectivity index (χ1v) is 7.24. The van der Waals surface area contributed by atoms with Crippen molar-refractivity contribution in [3.8, 4) is 5.75 Å². The Bertz CT molecular complexity index is 465. The fourth-order valence-electron chi connectivity index (χ4n) is 2.98. The van der Waals surface area contributed by atoms with Crippen molar-refractivity contribution in [3.05, 3.63) is 29.6 Å². The molecule has 0 atom stereocenters. The monoisotopic (exact) mass is 280 g/mol. The second-order valence-electron chi connectivity index (χ2n) is 5.43. The molecule has 0 radical (unpaired) electrons. The van der Waals surface area contributed by atoms with E-state index in [9.17, 15) is 14.3 Å². The first-order valence-electron chi connectivity index (χ1n) is 7.24. The van der Waals surface area contributed by atoms with Gasteiger partial charge in [0, 0.05) is 12.5 Å². The summed E-state index contributed by atoms with van der Waals surface area (Å²) in [4.78, 5) is 11.4. The van der Waals surface area contributed by atoms with Crippen LogP contribution in [0.1, 0.15) is 50.5 Å². The average molecular weight is 280 g/mol. The van der Waals surface area contributed by atoms with Gasteiger partial charge in [0.2, 0.25) is 0 Å². The quantitative estimate of drug-likeness (QED) is 0.854. The van der Waals surface area contributed by atoms with Gasteiger partial charge in [-0.15, -0.1) is 0 Å². The molecule has 0 aliphatic heterocycles. The van der Waals surface area contributed by atoms with Gasteiger partial charge in [0.05, 0.1) is 6.61 Å². The molecule has 0 heterocycles. The van der Waals surface area contributed by atoms with Crippen LogP contribution in [0, 0.1) is 11.7 Å². The van der Waals surface area contributed by atoms with Crippen LogP contribution in [-0.4, -0.2) is 17.7 Å². The molecule has 1 fully saturated rings. The molecule has 1 aromatic rings. The maximum Gasteiger partial charge on any atom is 0.306 e. The Hall–Kier alpha value is -1.58. The van der Waals surface area contributed by atoms with E-state index in [4.69, 9.17) is 4.74 Å².